The summed E-state index contributed by atoms with van der Waals surface area (Å²) < 4.78 is 7.68. The number of nitrogens with one attached hydrogen (secondary N) is 1. The molecule has 0 radical (unpaired) electrons. The third-order valence-electron chi connectivity index (χ3n) is 5.19. The van der Waals surface area contributed by atoms with Gasteiger partial charge in [0.15, 0.2) is 5.96 Å². The van der Waals surface area contributed by atoms with Crippen molar-refractivity contribution in [3.63, 3.8) is 0 Å². The minimum atomic E-state index is 0. The summed E-state index contributed by atoms with van der Waals surface area (Å²) in [6.07, 6.45) is 5.18. The van der Waals surface area contributed by atoms with Crippen LogP contribution in [0.25, 0.3) is 0 Å². The van der Waals surface area contributed by atoms with Crippen molar-refractivity contribution in [2.45, 2.75) is 33.4 Å². The van der Waals surface area contributed by atoms with Gasteiger partial charge in [-0.3, -0.25) is 9.89 Å². The average molecular weight is 490 g/mol. The van der Waals surface area contributed by atoms with Crippen LogP contribution in [0, 0.1) is 11.8 Å². The summed E-state index contributed by atoms with van der Waals surface area (Å²) in [6.45, 7) is 13.4. The maximum Gasteiger partial charge on any atom is 0.194 e. The van der Waals surface area contributed by atoms with E-state index in [9.17, 15) is 0 Å². The number of hydrogen-bond donors (Lipinski definition) is 1. The van der Waals surface area contributed by atoms with Crippen LogP contribution in [0.1, 0.15) is 26.1 Å². The monoisotopic (exact) mass is 490 g/mol. The number of rotatable bonds is 6. The van der Waals surface area contributed by atoms with Crippen LogP contribution >= 0.6 is 24.0 Å². The quantitative estimate of drug-likeness (QED) is 0.375. The minimum absolute atomic E-state index is 0. The molecule has 3 heterocycles. The lowest BCUT2D eigenvalue weighted by atomic mass is 10.1. The Morgan fingerprint density at radius 3 is 2.81 bits per heavy atom. The predicted molar refractivity (Wildman–Crippen MR) is 120 cm³/mol. The van der Waals surface area contributed by atoms with Gasteiger partial charge in [0.1, 0.15) is 5.82 Å². The van der Waals surface area contributed by atoms with Gasteiger partial charge in [-0.1, -0.05) is 13.8 Å². The number of halogens is 1. The van der Waals surface area contributed by atoms with Crippen molar-refractivity contribution in [3.8, 4) is 0 Å². The standard InChI is InChI=1S/C19H34N6O.HI/c1-16(2)13-24-7-5-21-18(24)12-22-19(20-3)25-6-4-17(15-25)14-23-8-10-26-11-9-23;/h5,7,16-17H,4,6,8-15H2,1-3H3,(H,20,22);1H. The molecule has 8 heteroatoms. The van der Waals surface area contributed by atoms with E-state index >= 15 is 0 Å². The van der Waals surface area contributed by atoms with Gasteiger partial charge in [0.05, 0.1) is 19.8 Å². The third-order valence-corrected chi connectivity index (χ3v) is 5.19. The highest BCUT2D eigenvalue weighted by Crippen LogP contribution is 2.18. The number of likely N-dealkylation sites (tertiary alicyclic amines) is 1. The van der Waals surface area contributed by atoms with Crippen LogP contribution in [-0.2, 0) is 17.8 Å². The van der Waals surface area contributed by atoms with Crippen molar-refractivity contribution >= 4 is 29.9 Å². The highest BCUT2D eigenvalue weighted by atomic mass is 127. The van der Waals surface area contributed by atoms with Crippen molar-refractivity contribution in [2.24, 2.45) is 16.8 Å². The van der Waals surface area contributed by atoms with Crippen molar-refractivity contribution in [1.29, 1.82) is 0 Å². The fourth-order valence-corrected chi connectivity index (χ4v) is 3.88. The van der Waals surface area contributed by atoms with Gasteiger partial charge < -0.3 is 19.5 Å². The van der Waals surface area contributed by atoms with Crippen LogP contribution in [0.3, 0.4) is 0 Å². The summed E-state index contributed by atoms with van der Waals surface area (Å²) in [6, 6.07) is 0. The zero-order chi connectivity index (χ0) is 18.4. The van der Waals surface area contributed by atoms with E-state index < -0.39 is 0 Å². The summed E-state index contributed by atoms with van der Waals surface area (Å²) in [7, 11) is 1.87. The Hall–Kier alpha value is -0.870. The average Bonchev–Trinajstić information content (AvgIpc) is 3.26. The Morgan fingerprint density at radius 2 is 2.11 bits per heavy atom. The number of aromatic nitrogens is 2. The number of ether oxygens (including phenoxy) is 1. The summed E-state index contributed by atoms with van der Waals surface area (Å²) in [4.78, 5) is 13.9. The van der Waals surface area contributed by atoms with Gasteiger partial charge in [-0.25, -0.2) is 4.98 Å². The first-order valence-electron chi connectivity index (χ1n) is 9.91. The lowest BCUT2D eigenvalue weighted by Gasteiger charge is -2.29. The number of nitrogens with zero attached hydrogens (tertiary/aromatic N) is 5. The summed E-state index contributed by atoms with van der Waals surface area (Å²) >= 11 is 0. The van der Waals surface area contributed by atoms with Crippen LogP contribution in [0.15, 0.2) is 17.4 Å². The van der Waals surface area contributed by atoms with Crippen LogP contribution in [-0.4, -0.2) is 78.3 Å². The van der Waals surface area contributed by atoms with E-state index in [1.54, 1.807) is 0 Å². The molecule has 1 aromatic rings. The molecule has 1 aromatic heterocycles. The van der Waals surface area contributed by atoms with Crippen LogP contribution in [0.4, 0.5) is 0 Å². The van der Waals surface area contributed by atoms with Crippen molar-refractivity contribution in [1.82, 2.24) is 24.7 Å². The van der Waals surface area contributed by atoms with Gasteiger partial charge in [0.2, 0.25) is 0 Å². The first-order valence-corrected chi connectivity index (χ1v) is 9.91. The SMILES string of the molecule is CN=C(NCc1nccn1CC(C)C)N1CCC(CN2CCOCC2)C1.I. The largest absolute Gasteiger partial charge is 0.379 e. The van der Waals surface area contributed by atoms with E-state index in [0.717, 1.165) is 70.2 Å². The fraction of sp³-hybridized carbons (Fsp3) is 0.789. The first kappa shape index (κ1) is 22.4. The Bertz CT molecular complexity index is 585. The molecule has 0 spiro atoms. The Labute approximate surface area is 180 Å². The molecule has 1 unspecified atom stereocenters. The molecule has 7 nitrogen and oxygen atoms in total. The van der Waals surface area contributed by atoms with Crippen LogP contribution < -0.4 is 5.32 Å². The van der Waals surface area contributed by atoms with Gasteiger partial charge in [0.25, 0.3) is 0 Å². The second-order valence-electron chi connectivity index (χ2n) is 7.80. The van der Waals surface area contributed by atoms with E-state index in [2.05, 4.69) is 49.7 Å². The number of guanidine groups is 1. The third kappa shape index (κ3) is 6.60. The Balaban J connectivity index is 0.00000261. The zero-order valence-corrected chi connectivity index (χ0v) is 19.3. The van der Waals surface area contributed by atoms with Crippen molar-refractivity contribution in [2.75, 3.05) is 53.0 Å². The molecule has 3 rings (SSSR count). The van der Waals surface area contributed by atoms with Crippen LogP contribution in [0.2, 0.25) is 0 Å². The molecule has 0 bridgehead atoms. The molecule has 0 saturated carbocycles. The van der Waals surface area contributed by atoms with E-state index in [0.29, 0.717) is 5.92 Å². The highest BCUT2D eigenvalue weighted by molar-refractivity contribution is 14.0. The highest BCUT2D eigenvalue weighted by Gasteiger charge is 2.27. The molecule has 0 aromatic carbocycles. The fourth-order valence-electron chi connectivity index (χ4n) is 3.88. The first-order chi connectivity index (χ1) is 12.7. The van der Waals surface area contributed by atoms with Crippen LogP contribution in [0.5, 0.6) is 0 Å². The molecule has 0 aliphatic carbocycles. The van der Waals surface area contributed by atoms with E-state index in [1.807, 2.05) is 13.2 Å². The molecule has 1 atom stereocenters. The number of imidazole rings is 1. The van der Waals surface area contributed by atoms with Gasteiger partial charge in [-0.05, 0) is 18.3 Å². The molecule has 2 aliphatic heterocycles. The second kappa shape index (κ2) is 11.2. The van der Waals surface area contributed by atoms with Crippen molar-refractivity contribution in [3.05, 3.63) is 18.2 Å². The van der Waals surface area contributed by atoms with E-state index in [-0.39, 0.29) is 24.0 Å². The molecule has 27 heavy (non-hydrogen) atoms. The molecule has 154 valence electrons. The molecular weight excluding hydrogens is 455 g/mol. The predicted octanol–water partition coefficient (Wildman–Crippen LogP) is 1.89. The molecule has 1 N–H and O–H groups in total. The topological polar surface area (TPSA) is 57.9 Å². The summed E-state index contributed by atoms with van der Waals surface area (Å²) in [5, 5.41) is 3.51. The Morgan fingerprint density at radius 1 is 1.33 bits per heavy atom. The molecular formula is C19H35IN6O. The lowest BCUT2D eigenvalue weighted by Crippen LogP contribution is -2.42. The molecule has 2 fully saturated rings. The molecule has 2 saturated heterocycles. The van der Waals surface area contributed by atoms with Crippen molar-refractivity contribution < 1.29 is 4.74 Å². The smallest absolute Gasteiger partial charge is 0.194 e. The number of morpholine rings is 1. The maximum atomic E-state index is 5.45. The summed E-state index contributed by atoms with van der Waals surface area (Å²) in [5.74, 6) is 3.40. The number of aliphatic imine (C=N–C) groups is 1. The number of hydrogen-bond acceptors (Lipinski definition) is 4. The van der Waals surface area contributed by atoms with Gasteiger partial charge in [-0.15, -0.1) is 24.0 Å². The molecule has 2 aliphatic rings. The lowest BCUT2D eigenvalue weighted by molar-refractivity contribution is 0.0315. The normalized spacial score (nSPS) is 21.6. The Kier molecular flexibility index (Phi) is 9.31. The maximum absolute atomic E-state index is 5.45. The van der Waals surface area contributed by atoms with E-state index in [1.165, 1.54) is 13.0 Å². The zero-order valence-electron chi connectivity index (χ0n) is 16.9. The van der Waals surface area contributed by atoms with Gasteiger partial charge in [-0.2, -0.15) is 0 Å². The van der Waals surface area contributed by atoms with Gasteiger partial charge >= 0.3 is 0 Å². The molecule has 0 amide bonds. The van der Waals surface area contributed by atoms with E-state index in [4.69, 9.17) is 4.74 Å². The second-order valence-corrected chi connectivity index (χ2v) is 7.80. The minimum Gasteiger partial charge on any atom is -0.379 e. The van der Waals surface area contributed by atoms with Gasteiger partial charge in [0, 0.05) is 58.7 Å². The summed E-state index contributed by atoms with van der Waals surface area (Å²) in [5.41, 5.74) is 0.